The largest absolute Gasteiger partial charge is 0.422 e. The topological polar surface area (TPSA) is 69.4 Å². The van der Waals surface area contributed by atoms with Crippen LogP contribution in [0.1, 0.15) is 15.9 Å². The summed E-state index contributed by atoms with van der Waals surface area (Å²) in [6, 6.07) is 14.2. The van der Waals surface area contributed by atoms with Crippen LogP contribution < -0.4 is 4.74 Å². The molecule has 0 saturated heterocycles. The van der Waals surface area contributed by atoms with Crippen LogP contribution in [0, 0.1) is 0 Å². The maximum absolute atomic E-state index is 12.3. The number of esters is 1. The van der Waals surface area contributed by atoms with Crippen LogP contribution >= 0.6 is 15.9 Å². The van der Waals surface area contributed by atoms with Crippen LogP contribution in [0.3, 0.4) is 0 Å². The maximum Gasteiger partial charge on any atom is 0.344 e. The highest BCUT2D eigenvalue weighted by Crippen LogP contribution is 2.21. The van der Waals surface area contributed by atoms with Crippen LogP contribution in [0.15, 0.2) is 70.8 Å². The number of hydrogen-bond donors (Lipinski definition) is 0. The Hall–Kier alpha value is -2.80. The molecule has 0 aliphatic heterocycles. The molecule has 0 atom stereocenters. The maximum atomic E-state index is 12.3. The van der Waals surface area contributed by atoms with E-state index in [9.17, 15) is 4.79 Å². The zero-order valence-electron chi connectivity index (χ0n) is 11.8. The highest BCUT2D eigenvalue weighted by molar-refractivity contribution is 9.10. The van der Waals surface area contributed by atoms with Crippen molar-refractivity contribution >= 4 is 28.1 Å². The van der Waals surface area contributed by atoms with E-state index in [1.54, 1.807) is 42.6 Å². The molecule has 1 heterocycles. The first-order valence-corrected chi connectivity index (χ1v) is 7.48. The molecule has 0 aliphatic carbocycles. The lowest BCUT2D eigenvalue weighted by Crippen LogP contribution is -2.10. The van der Waals surface area contributed by atoms with E-state index in [0.717, 1.165) is 0 Å². The monoisotopic (exact) mass is 370 g/mol. The second-order valence-corrected chi connectivity index (χ2v) is 5.35. The first-order valence-electron chi connectivity index (χ1n) is 6.69. The van der Waals surface area contributed by atoms with Gasteiger partial charge in [-0.2, -0.15) is 5.10 Å². The molecule has 0 aliphatic rings. The summed E-state index contributed by atoms with van der Waals surface area (Å²) >= 11 is 3.34. The van der Waals surface area contributed by atoms with E-state index in [-0.39, 0.29) is 0 Å². The van der Waals surface area contributed by atoms with Gasteiger partial charge >= 0.3 is 5.97 Å². The summed E-state index contributed by atoms with van der Waals surface area (Å²) in [5.41, 5.74) is 1.12. The van der Waals surface area contributed by atoms with Crippen LogP contribution in [0.25, 0.3) is 0 Å². The number of benzene rings is 2. The summed E-state index contributed by atoms with van der Waals surface area (Å²) in [5.74, 6) is -0.0206. The van der Waals surface area contributed by atoms with Gasteiger partial charge in [0.25, 0.3) is 0 Å². The van der Waals surface area contributed by atoms with Gasteiger partial charge in [-0.15, -0.1) is 10.2 Å². The van der Waals surface area contributed by atoms with Crippen molar-refractivity contribution in [3.8, 4) is 5.75 Å². The smallest absolute Gasteiger partial charge is 0.344 e. The van der Waals surface area contributed by atoms with Gasteiger partial charge in [-0.3, -0.25) is 0 Å². The standard InChI is InChI=1S/C16H11BrN4O2/c17-14-7-3-2-6-13(14)16(22)23-15-8-4-1-5-12(15)9-20-21-10-18-19-11-21/h1-11H/b20-9+. The molecule has 6 nitrogen and oxygen atoms in total. The fraction of sp³-hybridized carbons (Fsp3) is 0. The summed E-state index contributed by atoms with van der Waals surface area (Å²) < 4.78 is 7.61. The molecular formula is C16H11BrN4O2. The molecule has 0 bridgehead atoms. The molecular weight excluding hydrogens is 360 g/mol. The Labute approximate surface area is 140 Å². The predicted octanol–water partition coefficient (Wildman–Crippen LogP) is 3.14. The van der Waals surface area contributed by atoms with Crippen molar-refractivity contribution in [1.29, 1.82) is 0 Å². The van der Waals surface area contributed by atoms with Gasteiger partial charge in [0.05, 0.1) is 11.8 Å². The van der Waals surface area contributed by atoms with Gasteiger partial charge in [0.1, 0.15) is 18.4 Å². The molecule has 3 aromatic rings. The minimum atomic E-state index is -0.442. The number of hydrogen-bond acceptors (Lipinski definition) is 5. The first kappa shape index (κ1) is 15.1. The van der Waals surface area contributed by atoms with Gasteiger partial charge in [0.2, 0.25) is 0 Å². The molecule has 114 valence electrons. The third kappa shape index (κ3) is 3.70. The average Bonchev–Trinajstić information content (AvgIpc) is 3.08. The highest BCUT2D eigenvalue weighted by Gasteiger charge is 2.13. The van der Waals surface area contributed by atoms with E-state index in [1.165, 1.54) is 17.3 Å². The van der Waals surface area contributed by atoms with Gasteiger partial charge in [-0.25, -0.2) is 9.47 Å². The Morgan fingerprint density at radius 2 is 1.78 bits per heavy atom. The van der Waals surface area contributed by atoms with Gasteiger partial charge in [0, 0.05) is 10.0 Å². The molecule has 0 spiro atoms. The van der Waals surface area contributed by atoms with Crippen LogP contribution in [0.5, 0.6) is 5.75 Å². The second kappa shape index (κ2) is 6.97. The van der Waals surface area contributed by atoms with Crippen LogP contribution in [0.2, 0.25) is 0 Å². The fourth-order valence-electron chi connectivity index (χ4n) is 1.85. The highest BCUT2D eigenvalue weighted by atomic mass is 79.9. The summed E-state index contributed by atoms with van der Waals surface area (Å²) in [6.07, 6.45) is 4.50. The molecule has 0 radical (unpaired) electrons. The zero-order valence-corrected chi connectivity index (χ0v) is 13.4. The molecule has 0 saturated carbocycles. The van der Waals surface area contributed by atoms with Crippen molar-refractivity contribution < 1.29 is 9.53 Å². The van der Waals surface area contributed by atoms with Crippen molar-refractivity contribution in [3.63, 3.8) is 0 Å². The molecule has 0 amide bonds. The molecule has 3 rings (SSSR count). The lowest BCUT2D eigenvalue weighted by Gasteiger charge is -2.08. The van der Waals surface area contributed by atoms with Crippen molar-refractivity contribution in [2.24, 2.45) is 5.10 Å². The third-order valence-electron chi connectivity index (χ3n) is 2.95. The number of carbonyl (C=O) groups excluding carboxylic acids is 1. The van der Waals surface area contributed by atoms with Crippen molar-refractivity contribution in [2.45, 2.75) is 0 Å². The van der Waals surface area contributed by atoms with Gasteiger partial charge in [0.15, 0.2) is 0 Å². The Morgan fingerprint density at radius 3 is 2.57 bits per heavy atom. The van der Waals surface area contributed by atoms with Gasteiger partial charge in [-0.05, 0) is 40.2 Å². The van der Waals surface area contributed by atoms with E-state index in [2.05, 4.69) is 31.2 Å². The second-order valence-electron chi connectivity index (χ2n) is 4.49. The molecule has 1 aromatic heterocycles. The van der Waals surface area contributed by atoms with Crippen LogP contribution in [0.4, 0.5) is 0 Å². The summed E-state index contributed by atoms with van der Waals surface area (Å²) in [5, 5.41) is 11.5. The predicted molar refractivity (Wildman–Crippen MR) is 88.6 cm³/mol. The Bertz CT molecular complexity index is 847. The molecule has 23 heavy (non-hydrogen) atoms. The van der Waals surface area contributed by atoms with E-state index < -0.39 is 5.97 Å². The Kier molecular flexibility index (Phi) is 4.58. The number of carbonyl (C=O) groups is 1. The molecule has 0 N–H and O–H groups in total. The van der Waals surface area contributed by atoms with Gasteiger partial charge < -0.3 is 4.74 Å². The number of halogens is 1. The first-order chi connectivity index (χ1) is 11.2. The normalized spacial score (nSPS) is 10.8. The minimum Gasteiger partial charge on any atom is -0.422 e. The molecule has 7 heteroatoms. The van der Waals surface area contributed by atoms with Crippen molar-refractivity contribution in [1.82, 2.24) is 14.9 Å². The number of rotatable bonds is 4. The van der Waals surface area contributed by atoms with Crippen molar-refractivity contribution in [3.05, 3.63) is 76.8 Å². The van der Waals surface area contributed by atoms with Crippen LogP contribution in [-0.2, 0) is 0 Å². The SMILES string of the molecule is O=C(Oc1ccccc1/C=N/n1cnnc1)c1ccccc1Br. The number of para-hydroxylation sites is 1. The van der Waals surface area contributed by atoms with Gasteiger partial charge in [-0.1, -0.05) is 24.3 Å². The van der Waals surface area contributed by atoms with Crippen LogP contribution in [-0.4, -0.2) is 27.1 Å². The lowest BCUT2D eigenvalue weighted by molar-refractivity contribution is 0.0733. The molecule has 0 fully saturated rings. The van der Waals surface area contributed by atoms with E-state index >= 15 is 0 Å². The Balaban J connectivity index is 1.83. The summed E-state index contributed by atoms with van der Waals surface area (Å²) in [4.78, 5) is 12.3. The zero-order chi connectivity index (χ0) is 16.1. The Morgan fingerprint density at radius 1 is 1.09 bits per heavy atom. The minimum absolute atomic E-state index is 0.421. The van der Waals surface area contributed by atoms with E-state index in [1.807, 2.05) is 12.1 Å². The van der Waals surface area contributed by atoms with E-state index in [0.29, 0.717) is 21.3 Å². The van der Waals surface area contributed by atoms with E-state index in [4.69, 9.17) is 4.74 Å². The quantitative estimate of drug-likeness (QED) is 0.401. The summed E-state index contributed by atoms with van der Waals surface area (Å²) in [7, 11) is 0. The lowest BCUT2D eigenvalue weighted by atomic mass is 10.2. The number of aromatic nitrogens is 3. The third-order valence-corrected chi connectivity index (χ3v) is 3.64. The number of ether oxygens (including phenoxy) is 1. The van der Waals surface area contributed by atoms with Crippen molar-refractivity contribution in [2.75, 3.05) is 0 Å². The molecule has 0 unspecified atom stereocenters. The fourth-order valence-corrected chi connectivity index (χ4v) is 2.29. The average molecular weight is 371 g/mol. The number of nitrogens with zero attached hydrogens (tertiary/aromatic N) is 4. The summed E-state index contributed by atoms with van der Waals surface area (Å²) in [6.45, 7) is 0. The molecule has 2 aromatic carbocycles.